The molecule has 0 spiro atoms. The molecule has 2 heterocycles. The molecule has 0 bridgehead atoms. The smallest absolute Gasteiger partial charge is 0.338 e. The first-order chi connectivity index (χ1) is 10.7. The van der Waals surface area contributed by atoms with Crippen LogP contribution in [0.15, 0.2) is 0 Å². The van der Waals surface area contributed by atoms with E-state index < -0.39 is 0 Å². The van der Waals surface area contributed by atoms with E-state index in [1.165, 1.54) is 0 Å². The second-order valence-corrected chi connectivity index (χ2v) is 5.42. The average molecular weight is 347 g/mol. The Labute approximate surface area is 144 Å². The van der Waals surface area contributed by atoms with Crippen LogP contribution >= 0.6 is 0 Å². The zero-order chi connectivity index (χ0) is 15.8. The molecule has 0 saturated carbocycles. The molecule has 23 heavy (non-hydrogen) atoms. The average Bonchev–Trinajstić information content (AvgIpc) is 2.58. The van der Waals surface area contributed by atoms with Crippen LogP contribution in [0.5, 0.6) is 12.0 Å². The standard InChI is InChI=1S/C15H27N4O3.ClH/c1-4-9-21-14-16-13(17-15(18-14)22-10-5-2)19(6-3)7-11-20-12-8-19;/h4-12H2,1-3H3;1H/q+1;/p-1. The summed E-state index contributed by atoms with van der Waals surface area (Å²) in [5, 5.41) is 0. The van der Waals surface area contributed by atoms with Crippen LogP contribution in [0.25, 0.3) is 0 Å². The SMILES string of the molecule is CCCOc1nc(OCCC)nc([N+]2(CC)CCOCC2)n1.[Cl-]. The lowest BCUT2D eigenvalue weighted by Gasteiger charge is -2.37. The molecule has 0 aromatic carbocycles. The van der Waals surface area contributed by atoms with Crippen LogP contribution in [0.3, 0.4) is 0 Å². The second-order valence-electron chi connectivity index (χ2n) is 5.42. The first-order valence-corrected chi connectivity index (χ1v) is 8.20. The van der Waals surface area contributed by atoms with Crippen molar-refractivity contribution in [1.82, 2.24) is 19.4 Å². The van der Waals surface area contributed by atoms with Gasteiger partial charge in [0.05, 0.1) is 33.0 Å². The predicted molar refractivity (Wildman–Crippen MR) is 84.3 cm³/mol. The van der Waals surface area contributed by atoms with Crippen LogP contribution in [0.4, 0.5) is 5.95 Å². The van der Waals surface area contributed by atoms with Gasteiger partial charge < -0.3 is 26.6 Å². The van der Waals surface area contributed by atoms with Crippen molar-refractivity contribution in [3.63, 3.8) is 0 Å². The van der Waals surface area contributed by atoms with Crippen molar-refractivity contribution in [2.24, 2.45) is 0 Å². The van der Waals surface area contributed by atoms with Crippen LogP contribution in [-0.4, -0.2) is 61.0 Å². The highest BCUT2D eigenvalue weighted by molar-refractivity contribution is 5.29. The van der Waals surface area contributed by atoms with Gasteiger partial charge in [-0.1, -0.05) is 13.8 Å². The van der Waals surface area contributed by atoms with E-state index in [1.54, 1.807) is 0 Å². The van der Waals surface area contributed by atoms with Gasteiger partial charge in [-0.05, 0) is 19.8 Å². The molecule has 0 atom stereocenters. The van der Waals surface area contributed by atoms with Crippen LogP contribution < -0.4 is 26.4 Å². The minimum absolute atomic E-state index is 0. The zero-order valence-corrected chi connectivity index (χ0v) is 15.0. The summed E-state index contributed by atoms with van der Waals surface area (Å²) in [6, 6.07) is 0.714. The van der Waals surface area contributed by atoms with E-state index in [-0.39, 0.29) is 12.4 Å². The fraction of sp³-hybridized carbons (Fsp3) is 0.800. The van der Waals surface area contributed by atoms with Crippen molar-refractivity contribution in [3.8, 4) is 12.0 Å². The van der Waals surface area contributed by atoms with Gasteiger partial charge in [0.2, 0.25) is 0 Å². The highest BCUT2D eigenvalue weighted by atomic mass is 35.5. The Balaban J connectivity index is 0.00000264. The zero-order valence-electron chi connectivity index (χ0n) is 14.3. The summed E-state index contributed by atoms with van der Waals surface area (Å²) in [7, 11) is 0. The van der Waals surface area contributed by atoms with E-state index in [1.807, 2.05) is 0 Å². The van der Waals surface area contributed by atoms with Gasteiger partial charge in [-0.25, -0.2) is 0 Å². The Hall–Kier alpha value is -1.18. The van der Waals surface area contributed by atoms with Crippen LogP contribution in [0.2, 0.25) is 0 Å². The molecule has 7 nitrogen and oxygen atoms in total. The van der Waals surface area contributed by atoms with Gasteiger partial charge in [0.1, 0.15) is 13.1 Å². The lowest BCUT2D eigenvalue weighted by atomic mass is 10.3. The molecule has 1 aliphatic heterocycles. The van der Waals surface area contributed by atoms with Gasteiger partial charge in [-0.2, -0.15) is 0 Å². The van der Waals surface area contributed by atoms with E-state index >= 15 is 0 Å². The number of hydrogen-bond donors (Lipinski definition) is 0. The quantitative estimate of drug-likeness (QED) is 0.552. The van der Waals surface area contributed by atoms with Crippen molar-refractivity contribution in [1.29, 1.82) is 0 Å². The molecule has 2 rings (SSSR count). The largest absolute Gasteiger partial charge is 1.00 e. The first kappa shape index (κ1) is 19.9. The Morgan fingerprint density at radius 1 is 0.913 bits per heavy atom. The van der Waals surface area contributed by atoms with E-state index in [9.17, 15) is 0 Å². The second kappa shape index (κ2) is 9.85. The maximum absolute atomic E-state index is 5.61. The maximum atomic E-state index is 5.61. The van der Waals surface area contributed by atoms with E-state index in [0.717, 1.165) is 51.6 Å². The summed E-state index contributed by atoms with van der Waals surface area (Å²) in [5.41, 5.74) is 0. The summed E-state index contributed by atoms with van der Waals surface area (Å²) >= 11 is 0. The normalized spacial score (nSPS) is 16.5. The van der Waals surface area contributed by atoms with Gasteiger partial charge in [-0.15, -0.1) is 15.0 Å². The molecule has 0 aliphatic carbocycles. The minimum Gasteiger partial charge on any atom is -1.00 e. The van der Waals surface area contributed by atoms with E-state index in [4.69, 9.17) is 14.2 Å². The Kier molecular flexibility index (Phi) is 8.51. The molecule has 0 radical (unpaired) electrons. The number of rotatable bonds is 8. The van der Waals surface area contributed by atoms with Gasteiger partial charge in [-0.3, -0.25) is 4.48 Å². The number of morpholine rings is 1. The number of halogens is 1. The van der Waals surface area contributed by atoms with Crippen molar-refractivity contribution in [2.45, 2.75) is 33.6 Å². The number of likely N-dealkylation sites (N-methyl/N-ethyl adjacent to an activating group) is 1. The maximum Gasteiger partial charge on any atom is 0.338 e. The summed E-state index contributed by atoms with van der Waals surface area (Å²) in [4.78, 5) is 13.3. The minimum atomic E-state index is 0. The summed E-state index contributed by atoms with van der Waals surface area (Å²) in [6.07, 6.45) is 1.82. The van der Waals surface area contributed by atoms with Crippen molar-refractivity contribution < 1.29 is 26.6 Å². The number of ether oxygens (including phenoxy) is 3. The Morgan fingerprint density at radius 3 is 1.87 bits per heavy atom. The lowest BCUT2D eigenvalue weighted by Crippen LogP contribution is -3.00. The molecule has 0 N–H and O–H groups in total. The molecule has 1 aliphatic rings. The molecular formula is C15H27ClN4O3. The summed E-state index contributed by atoms with van der Waals surface area (Å²) in [6.45, 7) is 11.5. The van der Waals surface area contributed by atoms with Gasteiger partial charge in [0.15, 0.2) is 0 Å². The molecule has 8 heteroatoms. The molecule has 132 valence electrons. The first-order valence-electron chi connectivity index (χ1n) is 8.20. The summed E-state index contributed by atoms with van der Waals surface area (Å²) < 4.78 is 17.4. The molecule has 1 aromatic heterocycles. The highest BCUT2D eigenvalue weighted by Gasteiger charge is 2.35. The Bertz CT molecular complexity index is 444. The van der Waals surface area contributed by atoms with Crippen LogP contribution in [-0.2, 0) is 4.74 Å². The highest BCUT2D eigenvalue weighted by Crippen LogP contribution is 2.24. The molecule has 0 amide bonds. The van der Waals surface area contributed by atoms with E-state index in [2.05, 4.69) is 35.7 Å². The monoisotopic (exact) mass is 346 g/mol. The molecule has 1 saturated heterocycles. The number of aromatic nitrogens is 3. The van der Waals surface area contributed by atoms with Crippen LogP contribution in [0.1, 0.15) is 33.6 Å². The van der Waals surface area contributed by atoms with Crippen LogP contribution in [0, 0.1) is 0 Å². The van der Waals surface area contributed by atoms with Crippen molar-refractivity contribution in [3.05, 3.63) is 0 Å². The van der Waals surface area contributed by atoms with Crippen molar-refractivity contribution in [2.75, 3.05) is 46.1 Å². The Morgan fingerprint density at radius 2 is 1.43 bits per heavy atom. The number of quaternary nitrogens is 1. The third-order valence-corrected chi connectivity index (χ3v) is 3.81. The van der Waals surface area contributed by atoms with Gasteiger partial charge >= 0.3 is 18.0 Å². The third-order valence-electron chi connectivity index (χ3n) is 3.81. The third kappa shape index (κ3) is 5.16. The van der Waals surface area contributed by atoms with Crippen molar-refractivity contribution >= 4 is 5.95 Å². The molecular weight excluding hydrogens is 320 g/mol. The number of nitrogens with zero attached hydrogens (tertiary/aromatic N) is 4. The topological polar surface area (TPSA) is 66.4 Å². The lowest BCUT2D eigenvalue weighted by molar-refractivity contribution is -0.00000784. The van der Waals surface area contributed by atoms with E-state index in [0.29, 0.717) is 29.7 Å². The summed E-state index contributed by atoms with van der Waals surface area (Å²) in [5.74, 6) is 0.720. The molecule has 0 unspecified atom stereocenters. The molecule has 1 fully saturated rings. The van der Waals surface area contributed by atoms with Gasteiger partial charge in [0, 0.05) is 0 Å². The fourth-order valence-electron chi connectivity index (χ4n) is 2.41. The molecule has 1 aromatic rings. The fourth-order valence-corrected chi connectivity index (χ4v) is 2.41. The number of hydrogen-bond acceptors (Lipinski definition) is 6. The van der Waals surface area contributed by atoms with Gasteiger partial charge in [0.25, 0.3) is 0 Å². The predicted octanol–water partition coefficient (Wildman–Crippen LogP) is -1.19.